The second-order valence-electron chi connectivity index (χ2n) is 5.96. The Morgan fingerprint density at radius 3 is 2.84 bits per heavy atom. The summed E-state index contributed by atoms with van der Waals surface area (Å²) in [5, 5.41) is 17.0. The first-order valence-corrected chi connectivity index (χ1v) is 8.90. The van der Waals surface area contributed by atoms with Gasteiger partial charge in [-0.3, -0.25) is 0 Å². The molecule has 2 fully saturated rings. The van der Waals surface area contributed by atoms with Crippen molar-refractivity contribution in [3.05, 3.63) is 15.0 Å². The first kappa shape index (κ1) is 14.0. The van der Waals surface area contributed by atoms with Crippen LogP contribution in [0.1, 0.15) is 56.0 Å². The minimum absolute atomic E-state index is 0.332. The highest BCUT2D eigenvalue weighted by molar-refractivity contribution is 9.10. The quantitative estimate of drug-likeness (QED) is 0.742. The zero-order chi connectivity index (χ0) is 13.3. The number of aliphatic hydroxyl groups is 1. The minimum Gasteiger partial charge on any atom is -0.390 e. The highest BCUT2D eigenvalue weighted by Crippen LogP contribution is 2.42. The Balaban J connectivity index is 1.46. The van der Waals surface area contributed by atoms with Crippen molar-refractivity contribution in [3.63, 3.8) is 0 Å². The van der Waals surface area contributed by atoms with E-state index < -0.39 is 0 Å². The van der Waals surface area contributed by atoms with E-state index in [4.69, 9.17) is 0 Å². The van der Waals surface area contributed by atoms with Gasteiger partial charge in [0.2, 0.25) is 0 Å². The van der Waals surface area contributed by atoms with Crippen molar-refractivity contribution in [2.45, 2.75) is 56.6 Å². The van der Waals surface area contributed by atoms with Crippen LogP contribution in [-0.2, 0) is 0 Å². The molecule has 1 atom stereocenters. The molecule has 0 bridgehead atoms. The number of nitrogens with zero attached hydrogens (tertiary/aromatic N) is 1. The lowest BCUT2D eigenvalue weighted by Gasteiger charge is -2.36. The summed E-state index contributed by atoms with van der Waals surface area (Å²) in [6.07, 6.45) is 7.83. The van der Waals surface area contributed by atoms with Crippen LogP contribution in [0.25, 0.3) is 0 Å². The maximum atomic E-state index is 10.1. The lowest BCUT2D eigenvalue weighted by Crippen LogP contribution is -2.37. The Bertz CT molecular complexity index is 429. The highest BCUT2D eigenvalue weighted by atomic mass is 79.9. The molecular weight excluding hydrogens is 324 g/mol. The van der Waals surface area contributed by atoms with Crippen LogP contribution in [0.15, 0.2) is 9.98 Å². The van der Waals surface area contributed by atoms with Gasteiger partial charge in [0.15, 0.2) is 0 Å². The Labute approximate surface area is 127 Å². The predicted octanol–water partition coefficient (Wildman–Crippen LogP) is 3.64. The van der Waals surface area contributed by atoms with Gasteiger partial charge in [-0.1, -0.05) is 0 Å². The van der Waals surface area contributed by atoms with E-state index in [0.717, 1.165) is 42.7 Å². The number of hydrogen-bond acceptors (Lipinski definition) is 4. The standard InChI is InChI=1S/C14H21BrN2OS/c15-11-9-19-13(17-11)12(10-3-4-10)16-8-2-7-14(18)5-1-6-14/h9-10,12,16,18H,1-8H2. The molecule has 1 heterocycles. The van der Waals surface area contributed by atoms with Gasteiger partial charge in [-0.05, 0) is 73.3 Å². The molecule has 0 saturated heterocycles. The third-order valence-corrected chi connectivity index (χ3v) is 5.96. The van der Waals surface area contributed by atoms with Crippen LogP contribution in [0, 0.1) is 5.92 Å². The van der Waals surface area contributed by atoms with Crippen LogP contribution in [0.2, 0.25) is 0 Å². The molecule has 1 aromatic heterocycles. The Morgan fingerprint density at radius 1 is 1.53 bits per heavy atom. The maximum absolute atomic E-state index is 10.1. The van der Waals surface area contributed by atoms with Gasteiger partial charge in [0.1, 0.15) is 9.61 Å². The molecule has 106 valence electrons. The van der Waals surface area contributed by atoms with Crippen molar-refractivity contribution >= 4 is 27.3 Å². The molecule has 0 aromatic carbocycles. The molecular formula is C14H21BrN2OS. The summed E-state index contributed by atoms with van der Waals surface area (Å²) in [5.41, 5.74) is -0.332. The van der Waals surface area contributed by atoms with Crippen molar-refractivity contribution in [1.29, 1.82) is 0 Å². The highest BCUT2D eigenvalue weighted by Gasteiger charge is 2.35. The Hall–Kier alpha value is 0.0300. The second-order valence-corrected chi connectivity index (χ2v) is 7.66. The fourth-order valence-corrected chi connectivity index (χ4v) is 4.24. The van der Waals surface area contributed by atoms with E-state index in [9.17, 15) is 5.11 Å². The summed E-state index contributed by atoms with van der Waals surface area (Å²) in [6.45, 7) is 0.987. The maximum Gasteiger partial charge on any atom is 0.117 e. The summed E-state index contributed by atoms with van der Waals surface area (Å²) in [7, 11) is 0. The lowest BCUT2D eigenvalue weighted by atomic mass is 9.77. The molecule has 2 aliphatic rings. The monoisotopic (exact) mass is 344 g/mol. The zero-order valence-electron chi connectivity index (χ0n) is 11.1. The summed E-state index contributed by atoms with van der Waals surface area (Å²) >= 11 is 5.17. The lowest BCUT2D eigenvalue weighted by molar-refractivity contribution is -0.0415. The SMILES string of the molecule is OC1(CCCNC(c2nc(Br)cs2)C2CC2)CCC1. The average molecular weight is 345 g/mol. The van der Waals surface area contributed by atoms with Crippen molar-refractivity contribution < 1.29 is 5.11 Å². The fraction of sp³-hybridized carbons (Fsp3) is 0.786. The van der Waals surface area contributed by atoms with E-state index in [0.29, 0.717) is 6.04 Å². The minimum atomic E-state index is -0.332. The molecule has 1 aromatic rings. The Kier molecular flexibility index (Phi) is 4.27. The molecule has 3 rings (SSSR count). The average Bonchev–Trinajstić information content (AvgIpc) is 3.09. The largest absolute Gasteiger partial charge is 0.390 e. The number of thiazole rings is 1. The molecule has 0 aliphatic heterocycles. The van der Waals surface area contributed by atoms with Crippen LogP contribution in [0.5, 0.6) is 0 Å². The summed E-state index contributed by atoms with van der Waals surface area (Å²) in [4.78, 5) is 4.55. The van der Waals surface area contributed by atoms with E-state index >= 15 is 0 Å². The van der Waals surface area contributed by atoms with Gasteiger partial charge in [0.25, 0.3) is 0 Å². The Morgan fingerprint density at radius 2 is 2.32 bits per heavy atom. The first-order chi connectivity index (χ1) is 9.16. The molecule has 2 saturated carbocycles. The summed E-state index contributed by atoms with van der Waals surface area (Å²) in [6, 6.07) is 0.423. The molecule has 1 unspecified atom stereocenters. The van der Waals surface area contributed by atoms with Gasteiger partial charge in [-0.25, -0.2) is 4.98 Å². The summed E-state index contributed by atoms with van der Waals surface area (Å²) < 4.78 is 0.948. The molecule has 5 heteroatoms. The molecule has 2 aliphatic carbocycles. The fourth-order valence-electron chi connectivity index (χ4n) is 2.80. The number of rotatable bonds is 7. The molecule has 3 nitrogen and oxygen atoms in total. The molecule has 19 heavy (non-hydrogen) atoms. The van der Waals surface area contributed by atoms with Gasteiger partial charge < -0.3 is 10.4 Å². The number of hydrogen-bond donors (Lipinski definition) is 2. The van der Waals surface area contributed by atoms with Gasteiger partial charge in [-0.2, -0.15) is 0 Å². The van der Waals surface area contributed by atoms with Crippen molar-refractivity contribution in [1.82, 2.24) is 10.3 Å². The van der Waals surface area contributed by atoms with Gasteiger partial charge >= 0.3 is 0 Å². The first-order valence-electron chi connectivity index (χ1n) is 7.23. The third-order valence-electron chi connectivity index (χ3n) is 4.32. The molecule has 2 N–H and O–H groups in total. The van der Waals surface area contributed by atoms with E-state index in [1.54, 1.807) is 11.3 Å². The van der Waals surface area contributed by atoms with Gasteiger partial charge in [0.05, 0.1) is 11.6 Å². The van der Waals surface area contributed by atoms with Crippen molar-refractivity contribution in [2.75, 3.05) is 6.54 Å². The van der Waals surface area contributed by atoms with Gasteiger partial charge in [-0.15, -0.1) is 11.3 Å². The van der Waals surface area contributed by atoms with E-state index in [1.807, 2.05) is 0 Å². The zero-order valence-corrected chi connectivity index (χ0v) is 13.5. The van der Waals surface area contributed by atoms with Crippen LogP contribution in [0.4, 0.5) is 0 Å². The third kappa shape index (κ3) is 3.57. The molecule has 0 spiro atoms. The van der Waals surface area contributed by atoms with E-state index in [1.165, 1.54) is 24.3 Å². The summed E-state index contributed by atoms with van der Waals surface area (Å²) in [5.74, 6) is 0.768. The van der Waals surface area contributed by atoms with Crippen LogP contribution in [0.3, 0.4) is 0 Å². The van der Waals surface area contributed by atoms with Crippen LogP contribution in [-0.4, -0.2) is 22.2 Å². The topological polar surface area (TPSA) is 45.1 Å². The number of halogens is 1. The van der Waals surface area contributed by atoms with E-state index in [2.05, 4.69) is 31.6 Å². The number of nitrogens with one attached hydrogen (secondary N) is 1. The number of aromatic nitrogens is 1. The second kappa shape index (κ2) is 5.80. The predicted molar refractivity (Wildman–Crippen MR) is 81.3 cm³/mol. The molecule has 0 radical (unpaired) electrons. The van der Waals surface area contributed by atoms with Crippen LogP contribution < -0.4 is 5.32 Å². The van der Waals surface area contributed by atoms with Crippen molar-refractivity contribution in [3.8, 4) is 0 Å². The normalized spacial score (nSPS) is 23.1. The smallest absolute Gasteiger partial charge is 0.117 e. The van der Waals surface area contributed by atoms with E-state index in [-0.39, 0.29) is 5.60 Å². The van der Waals surface area contributed by atoms with Crippen molar-refractivity contribution in [2.24, 2.45) is 5.92 Å². The van der Waals surface area contributed by atoms with Gasteiger partial charge in [0, 0.05) is 5.38 Å². The molecule has 0 amide bonds. The van der Waals surface area contributed by atoms with Crippen LogP contribution >= 0.6 is 27.3 Å².